The van der Waals surface area contributed by atoms with Crippen molar-refractivity contribution in [1.29, 1.82) is 0 Å². The molecule has 0 saturated carbocycles. The van der Waals surface area contributed by atoms with Gasteiger partial charge in [-0.05, 0) is 61.0 Å². The summed E-state index contributed by atoms with van der Waals surface area (Å²) in [5, 5.41) is 0. The minimum Gasteiger partial charge on any atom is -0.497 e. The molecule has 176 valence electrons. The number of aliphatic imine (C=N–C) groups is 1. The molecule has 0 unspecified atom stereocenters. The second-order valence-electron chi connectivity index (χ2n) is 8.22. The Kier molecular flexibility index (Phi) is 5.75. The van der Waals surface area contributed by atoms with Gasteiger partial charge < -0.3 is 14.4 Å². The van der Waals surface area contributed by atoms with Gasteiger partial charge in [0.1, 0.15) is 28.8 Å². The zero-order valence-corrected chi connectivity index (χ0v) is 19.7. The Morgan fingerprint density at radius 1 is 0.971 bits per heavy atom. The Morgan fingerprint density at radius 3 is 2.50 bits per heavy atom. The lowest BCUT2D eigenvalue weighted by molar-refractivity contribution is 0.266. The first kappa shape index (κ1) is 22.4. The lowest BCUT2D eigenvalue weighted by atomic mass is 10.1. The monoisotopic (exact) mass is 481 g/mol. The molecule has 0 amide bonds. The van der Waals surface area contributed by atoms with Crippen molar-refractivity contribution in [1.82, 2.24) is 9.21 Å². The minimum atomic E-state index is -3.79. The van der Waals surface area contributed by atoms with Crippen LogP contribution in [-0.4, -0.2) is 56.7 Å². The van der Waals surface area contributed by atoms with E-state index in [4.69, 9.17) is 14.5 Å². The third kappa shape index (κ3) is 4.12. The Hall–Kier alpha value is -3.43. The van der Waals surface area contributed by atoms with Crippen LogP contribution in [0.25, 0.3) is 0 Å². The summed E-state index contributed by atoms with van der Waals surface area (Å²) < 4.78 is 52.7. The Bertz CT molecular complexity index is 1380. The van der Waals surface area contributed by atoms with Gasteiger partial charge in [-0.3, -0.25) is 0 Å². The molecule has 2 heterocycles. The highest BCUT2D eigenvalue weighted by atomic mass is 32.2. The molecule has 0 bridgehead atoms. The van der Waals surface area contributed by atoms with Crippen molar-refractivity contribution in [2.75, 3.05) is 33.3 Å². The molecule has 2 aliphatic heterocycles. The van der Waals surface area contributed by atoms with Crippen molar-refractivity contribution in [2.45, 2.75) is 11.8 Å². The van der Waals surface area contributed by atoms with Crippen LogP contribution < -0.4 is 9.47 Å². The first-order valence-electron chi connectivity index (χ1n) is 10.9. The normalized spacial score (nSPS) is 16.1. The summed E-state index contributed by atoms with van der Waals surface area (Å²) in [6.45, 7) is 3.33. The van der Waals surface area contributed by atoms with Gasteiger partial charge in [0.25, 0.3) is 0 Å². The fourth-order valence-electron chi connectivity index (χ4n) is 4.15. The van der Waals surface area contributed by atoms with Crippen LogP contribution >= 0.6 is 0 Å². The van der Waals surface area contributed by atoms with E-state index in [-0.39, 0.29) is 18.0 Å². The molecule has 3 aromatic rings. The molecule has 3 aromatic carbocycles. The maximum atomic E-state index is 13.6. The van der Waals surface area contributed by atoms with E-state index in [0.717, 1.165) is 17.2 Å². The maximum Gasteiger partial charge on any atom is 0.243 e. The highest BCUT2D eigenvalue weighted by Gasteiger charge is 2.32. The summed E-state index contributed by atoms with van der Waals surface area (Å²) in [7, 11) is -2.19. The predicted molar refractivity (Wildman–Crippen MR) is 127 cm³/mol. The van der Waals surface area contributed by atoms with E-state index in [9.17, 15) is 12.8 Å². The van der Waals surface area contributed by atoms with Crippen molar-refractivity contribution in [3.63, 3.8) is 0 Å². The molecule has 1 fully saturated rings. The second-order valence-corrected chi connectivity index (χ2v) is 10.2. The second kappa shape index (κ2) is 8.73. The average molecular weight is 482 g/mol. The number of halogens is 1. The van der Waals surface area contributed by atoms with Crippen molar-refractivity contribution in [3.05, 3.63) is 77.6 Å². The van der Waals surface area contributed by atoms with E-state index < -0.39 is 15.8 Å². The number of rotatable bonds is 3. The number of ether oxygens (including phenoxy) is 2. The van der Waals surface area contributed by atoms with Crippen molar-refractivity contribution in [3.8, 4) is 17.2 Å². The fourth-order valence-corrected chi connectivity index (χ4v) is 5.60. The molecule has 0 aliphatic carbocycles. The quantitative estimate of drug-likeness (QED) is 0.557. The van der Waals surface area contributed by atoms with Gasteiger partial charge in [0.15, 0.2) is 5.75 Å². The number of hydrogen-bond donors (Lipinski definition) is 0. The third-order valence-electron chi connectivity index (χ3n) is 5.96. The fraction of sp³-hybridized carbons (Fsp3) is 0.240. The molecule has 1 saturated heterocycles. The zero-order chi connectivity index (χ0) is 23.9. The summed E-state index contributed by atoms with van der Waals surface area (Å²) in [6.07, 6.45) is 0. The largest absolute Gasteiger partial charge is 0.497 e. The van der Waals surface area contributed by atoms with Crippen LogP contribution in [0.3, 0.4) is 0 Å². The molecule has 0 radical (unpaired) electrons. The highest BCUT2D eigenvalue weighted by molar-refractivity contribution is 7.89. The van der Waals surface area contributed by atoms with Gasteiger partial charge in [0.05, 0.1) is 17.6 Å². The highest BCUT2D eigenvalue weighted by Crippen LogP contribution is 2.40. The molecular weight excluding hydrogens is 457 g/mol. The number of methoxy groups -OCH3 is 1. The van der Waals surface area contributed by atoms with Crippen LogP contribution in [0.2, 0.25) is 0 Å². The molecule has 2 aliphatic rings. The SMILES string of the molecule is COc1ccc2c(c1)C(N1CCN(S(=O)(=O)c3cccc(F)c3)CC1)=Nc1ccc(C)cc1O2. The summed E-state index contributed by atoms with van der Waals surface area (Å²) in [6, 6.07) is 16.5. The van der Waals surface area contributed by atoms with E-state index >= 15 is 0 Å². The van der Waals surface area contributed by atoms with E-state index in [0.29, 0.717) is 41.9 Å². The smallest absolute Gasteiger partial charge is 0.243 e. The van der Waals surface area contributed by atoms with Crippen molar-refractivity contribution < 1.29 is 22.3 Å². The molecule has 7 nitrogen and oxygen atoms in total. The number of amidine groups is 1. The van der Waals surface area contributed by atoms with Gasteiger partial charge >= 0.3 is 0 Å². The Labute approximate surface area is 198 Å². The van der Waals surface area contributed by atoms with Crippen LogP contribution in [-0.2, 0) is 10.0 Å². The van der Waals surface area contributed by atoms with Gasteiger partial charge in [0, 0.05) is 26.2 Å². The van der Waals surface area contributed by atoms with Crippen LogP contribution in [0, 0.1) is 12.7 Å². The number of nitrogens with zero attached hydrogens (tertiary/aromatic N) is 3. The standard InChI is InChI=1S/C25H24FN3O4S/c1-17-6-8-22-24(14-17)33-23-9-7-19(32-2)16-21(23)25(27-22)28-10-12-29(13-11-28)34(30,31)20-5-3-4-18(26)15-20/h3-9,14-16H,10-13H2,1-2H3. The predicted octanol–water partition coefficient (Wildman–Crippen LogP) is 4.33. The van der Waals surface area contributed by atoms with Gasteiger partial charge in [-0.15, -0.1) is 0 Å². The van der Waals surface area contributed by atoms with E-state index in [2.05, 4.69) is 0 Å². The molecule has 0 atom stereocenters. The summed E-state index contributed by atoms with van der Waals surface area (Å²) in [5.74, 6) is 2.10. The number of piperazine rings is 1. The van der Waals surface area contributed by atoms with Gasteiger partial charge in [-0.2, -0.15) is 4.31 Å². The van der Waals surface area contributed by atoms with Crippen LogP contribution in [0.5, 0.6) is 17.2 Å². The maximum absolute atomic E-state index is 13.6. The Balaban J connectivity index is 1.47. The lowest BCUT2D eigenvalue weighted by Crippen LogP contribution is -2.50. The zero-order valence-electron chi connectivity index (χ0n) is 18.9. The third-order valence-corrected chi connectivity index (χ3v) is 7.86. The van der Waals surface area contributed by atoms with Crippen LogP contribution in [0.4, 0.5) is 10.1 Å². The molecule has 5 rings (SSSR count). The van der Waals surface area contributed by atoms with Crippen molar-refractivity contribution >= 4 is 21.5 Å². The topological polar surface area (TPSA) is 71.4 Å². The Morgan fingerprint density at radius 2 is 1.76 bits per heavy atom. The van der Waals surface area contributed by atoms with E-state index in [1.54, 1.807) is 7.11 Å². The summed E-state index contributed by atoms with van der Waals surface area (Å²) >= 11 is 0. The number of benzene rings is 3. The van der Waals surface area contributed by atoms with Crippen LogP contribution in [0.1, 0.15) is 11.1 Å². The van der Waals surface area contributed by atoms with Crippen LogP contribution in [0.15, 0.2) is 70.6 Å². The molecule has 34 heavy (non-hydrogen) atoms. The average Bonchev–Trinajstić information content (AvgIpc) is 3.00. The number of hydrogen-bond acceptors (Lipinski definition) is 6. The summed E-state index contributed by atoms with van der Waals surface area (Å²) in [4.78, 5) is 6.93. The first-order chi connectivity index (χ1) is 16.3. The number of aryl methyl sites for hydroxylation is 1. The van der Waals surface area contributed by atoms with Gasteiger partial charge in [0.2, 0.25) is 10.0 Å². The molecule has 9 heteroatoms. The van der Waals surface area contributed by atoms with Gasteiger partial charge in [-0.25, -0.2) is 17.8 Å². The molecule has 0 aromatic heterocycles. The molecular formula is C25H24FN3O4S. The first-order valence-corrected chi connectivity index (χ1v) is 12.4. The summed E-state index contributed by atoms with van der Waals surface area (Å²) in [5.41, 5.74) is 2.53. The van der Waals surface area contributed by atoms with E-state index in [1.807, 2.05) is 48.2 Å². The molecule has 0 spiro atoms. The lowest BCUT2D eigenvalue weighted by Gasteiger charge is -2.36. The number of sulfonamides is 1. The van der Waals surface area contributed by atoms with E-state index in [1.165, 1.54) is 22.5 Å². The molecule has 0 N–H and O–H groups in total. The van der Waals surface area contributed by atoms with Crippen molar-refractivity contribution in [2.24, 2.45) is 4.99 Å². The minimum absolute atomic E-state index is 0.0412. The number of fused-ring (bicyclic) bond motifs is 2. The van der Waals surface area contributed by atoms with Gasteiger partial charge in [-0.1, -0.05) is 12.1 Å².